The summed E-state index contributed by atoms with van der Waals surface area (Å²) in [4.78, 5) is 10.1. The number of nitrogens with zero attached hydrogens (tertiary/aromatic N) is 3. The van der Waals surface area contributed by atoms with E-state index < -0.39 is 0 Å². The van der Waals surface area contributed by atoms with Crippen LogP contribution in [0.4, 0.5) is 0 Å². The molecule has 3 nitrogen and oxygen atoms in total. The molecule has 0 radical (unpaired) electrons. The Morgan fingerprint density at radius 2 is 1.95 bits per heavy atom. The van der Waals surface area contributed by atoms with Crippen LogP contribution in [0.15, 0.2) is 30.7 Å². The fraction of sp³-hybridized carbons (Fsp3) is 0.333. The maximum absolute atomic E-state index is 4.49. The topological polar surface area (TPSA) is 30.7 Å². The van der Waals surface area contributed by atoms with E-state index in [9.17, 15) is 0 Å². The van der Waals surface area contributed by atoms with Crippen LogP contribution in [0.2, 0.25) is 0 Å². The molecule has 0 spiro atoms. The Hall–Kier alpha value is -1.68. The molecule has 0 unspecified atom stereocenters. The molecule has 0 aliphatic heterocycles. The largest absolute Gasteiger partial charge is 0.333 e. The molecule has 0 amide bonds. The number of hydrogen-bond acceptors (Lipinski definition) is 3. The van der Waals surface area contributed by atoms with Crippen LogP contribution in [-0.2, 0) is 12.5 Å². The summed E-state index contributed by atoms with van der Waals surface area (Å²) in [7, 11) is 2.02. The number of rotatable bonds is 1. The standard InChI is InChI=1S/C15H17N3S/c1-15(2,3)10-5-6-16-11-9-12(19-13(10)11)14-17-7-8-18(14)4/h5-9H,1-4H3. The number of hydrogen-bond donors (Lipinski definition) is 0. The van der Waals surface area contributed by atoms with Gasteiger partial charge < -0.3 is 4.57 Å². The molecule has 0 saturated heterocycles. The van der Waals surface area contributed by atoms with Crippen molar-refractivity contribution in [3.05, 3.63) is 36.3 Å². The van der Waals surface area contributed by atoms with Gasteiger partial charge in [0.15, 0.2) is 0 Å². The Morgan fingerprint density at radius 3 is 2.58 bits per heavy atom. The van der Waals surface area contributed by atoms with E-state index in [2.05, 4.69) is 42.9 Å². The monoisotopic (exact) mass is 271 g/mol. The van der Waals surface area contributed by atoms with Crippen molar-refractivity contribution in [2.24, 2.45) is 7.05 Å². The van der Waals surface area contributed by atoms with Crippen LogP contribution in [0.25, 0.3) is 20.9 Å². The highest BCUT2D eigenvalue weighted by Gasteiger charge is 2.19. The van der Waals surface area contributed by atoms with Crippen molar-refractivity contribution in [1.82, 2.24) is 14.5 Å². The van der Waals surface area contributed by atoms with E-state index in [4.69, 9.17) is 0 Å². The lowest BCUT2D eigenvalue weighted by molar-refractivity contribution is 0.596. The average molecular weight is 271 g/mol. The minimum absolute atomic E-state index is 0.130. The quantitative estimate of drug-likeness (QED) is 0.670. The molecule has 3 heterocycles. The predicted molar refractivity (Wildman–Crippen MR) is 80.5 cm³/mol. The van der Waals surface area contributed by atoms with Gasteiger partial charge in [-0.2, -0.15) is 0 Å². The number of imidazole rings is 1. The number of fused-ring (bicyclic) bond motifs is 1. The van der Waals surface area contributed by atoms with E-state index in [1.807, 2.05) is 30.2 Å². The summed E-state index contributed by atoms with van der Waals surface area (Å²) in [5.41, 5.74) is 2.55. The Morgan fingerprint density at radius 1 is 1.16 bits per heavy atom. The Labute approximate surface area is 116 Å². The second-order valence-electron chi connectivity index (χ2n) is 5.80. The summed E-state index contributed by atoms with van der Waals surface area (Å²) < 4.78 is 3.31. The van der Waals surface area contributed by atoms with Gasteiger partial charge in [-0.05, 0) is 23.1 Å². The summed E-state index contributed by atoms with van der Waals surface area (Å²) in [6.07, 6.45) is 5.70. The second kappa shape index (κ2) is 4.17. The van der Waals surface area contributed by atoms with Crippen molar-refractivity contribution in [2.75, 3.05) is 0 Å². The molecule has 98 valence electrons. The van der Waals surface area contributed by atoms with Gasteiger partial charge >= 0.3 is 0 Å². The minimum atomic E-state index is 0.130. The van der Waals surface area contributed by atoms with Crippen LogP contribution in [0.3, 0.4) is 0 Å². The van der Waals surface area contributed by atoms with Crippen molar-refractivity contribution in [3.63, 3.8) is 0 Å². The molecule has 0 atom stereocenters. The van der Waals surface area contributed by atoms with Gasteiger partial charge in [-0.15, -0.1) is 11.3 Å². The zero-order valence-corrected chi connectivity index (χ0v) is 12.5. The van der Waals surface area contributed by atoms with Gasteiger partial charge in [-0.1, -0.05) is 20.8 Å². The van der Waals surface area contributed by atoms with Crippen molar-refractivity contribution in [2.45, 2.75) is 26.2 Å². The maximum Gasteiger partial charge on any atom is 0.149 e. The molecule has 0 aromatic carbocycles. The third kappa shape index (κ3) is 2.06. The first kappa shape index (κ1) is 12.4. The zero-order valence-electron chi connectivity index (χ0n) is 11.6. The number of aryl methyl sites for hydroxylation is 1. The van der Waals surface area contributed by atoms with Gasteiger partial charge in [-0.3, -0.25) is 4.98 Å². The summed E-state index contributed by atoms with van der Waals surface area (Å²) in [6, 6.07) is 4.26. The van der Waals surface area contributed by atoms with E-state index >= 15 is 0 Å². The van der Waals surface area contributed by atoms with Gasteiger partial charge in [0.1, 0.15) is 5.82 Å². The first-order valence-electron chi connectivity index (χ1n) is 6.33. The molecule has 0 fully saturated rings. The molecular weight excluding hydrogens is 254 g/mol. The molecule has 0 aliphatic rings. The lowest BCUT2D eigenvalue weighted by Crippen LogP contribution is -2.11. The molecule has 0 saturated carbocycles. The molecule has 3 rings (SSSR count). The molecule has 3 aromatic rings. The van der Waals surface area contributed by atoms with E-state index in [1.54, 1.807) is 11.3 Å². The van der Waals surface area contributed by atoms with Gasteiger partial charge in [0, 0.05) is 25.6 Å². The van der Waals surface area contributed by atoms with Crippen LogP contribution in [0.1, 0.15) is 26.3 Å². The van der Waals surface area contributed by atoms with Crippen LogP contribution >= 0.6 is 11.3 Å². The van der Waals surface area contributed by atoms with Crippen LogP contribution < -0.4 is 0 Å². The Kier molecular flexibility index (Phi) is 2.71. The normalized spacial score (nSPS) is 12.2. The second-order valence-corrected chi connectivity index (χ2v) is 6.85. The minimum Gasteiger partial charge on any atom is -0.333 e. The highest BCUT2D eigenvalue weighted by Crippen LogP contribution is 2.37. The highest BCUT2D eigenvalue weighted by molar-refractivity contribution is 7.22. The first-order chi connectivity index (χ1) is 8.97. The summed E-state index contributed by atoms with van der Waals surface area (Å²) >= 11 is 1.78. The molecule has 0 aliphatic carbocycles. The molecule has 0 bridgehead atoms. The fourth-order valence-corrected chi connectivity index (χ4v) is 3.62. The zero-order chi connectivity index (χ0) is 13.6. The third-order valence-electron chi connectivity index (χ3n) is 3.26. The molecular formula is C15H17N3S. The lowest BCUT2D eigenvalue weighted by atomic mass is 9.87. The number of thiophene rings is 1. The molecule has 0 N–H and O–H groups in total. The van der Waals surface area contributed by atoms with E-state index in [1.165, 1.54) is 15.1 Å². The molecule has 19 heavy (non-hydrogen) atoms. The molecule has 4 heteroatoms. The van der Waals surface area contributed by atoms with Crippen molar-refractivity contribution < 1.29 is 0 Å². The van der Waals surface area contributed by atoms with Gasteiger partial charge in [0.2, 0.25) is 0 Å². The van der Waals surface area contributed by atoms with Crippen molar-refractivity contribution >= 4 is 21.6 Å². The SMILES string of the molecule is Cn1ccnc1-c1cc2nccc(C(C)(C)C)c2s1. The third-order valence-corrected chi connectivity index (χ3v) is 4.42. The van der Waals surface area contributed by atoms with E-state index in [0.717, 1.165) is 11.3 Å². The van der Waals surface area contributed by atoms with Crippen molar-refractivity contribution in [1.29, 1.82) is 0 Å². The average Bonchev–Trinajstić information content (AvgIpc) is 2.91. The van der Waals surface area contributed by atoms with Gasteiger partial charge in [-0.25, -0.2) is 4.98 Å². The predicted octanol–water partition coefficient (Wildman–Crippen LogP) is 3.99. The highest BCUT2D eigenvalue weighted by atomic mass is 32.1. The summed E-state index contributed by atoms with van der Waals surface area (Å²) in [6.45, 7) is 6.71. The van der Waals surface area contributed by atoms with Gasteiger partial charge in [0.25, 0.3) is 0 Å². The maximum atomic E-state index is 4.49. The Bertz CT molecular complexity index is 731. The van der Waals surface area contributed by atoms with Crippen LogP contribution in [0.5, 0.6) is 0 Å². The van der Waals surface area contributed by atoms with E-state index in [0.29, 0.717) is 0 Å². The lowest BCUT2D eigenvalue weighted by Gasteiger charge is -2.19. The summed E-state index contributed by atoms with van der Waals surface area (Å²) in [5.74, 6) is 1.00. The van der Waals surface area contributed by atoms with E-state index in [-0.39, 0.29) is 5.41 Å². The number of pyridine rings is 1. The molecule has 3 aromatic heterocycles. The van der Waals surface area contributed by atoms with Gasteiger partial charge in [0.05, 0.1) is 15.1 Å². The Balaban J connectivity index is 2.25. The van der Waals surface area contributed by atoms with Crippen molar-refractivity contribution in [3.8, 4) is 10.7 Å². The van der Waals surface area contributed by atoms with Crippen LogP contribution in [-0.4, -0.2) is 14.5 Å². The fourth-order valence-electron chi connectivity index (χ4n) is 2.24. The number of aromatic nitrogens is 3. The van der Waals surface area contributed by atoms with Crippen LogP contribution in [0, 0.1) is 0 Å². The smallest absolute Gasteiger partial charge is 0.149 e. The summed E-state index contributed by atoms with van der Waals surface area (Å²) in [5, 5.41) is 0. The first-order valence-corrected chi connectivity index (χ1v) is 7.15.